The van der Waals surface area contributed by atoms with E-state index < -0.39 is 0 Å². The predicted octanol–water partition coefficient (Wildman–Crippen LogP) is 4.15. The van der Waals surface area contributed by atoms with Crippen LogP contribution in [-0.4, -0.2) is 20.2 Å². The van der Waals surface area contributed by atoms with Gasteiger partial charge in [0.15, 0.2) is 0 Å². The highest BCUT2D eigenvalue weighted by Gasteiger charge is 2.11. The van der Waals surface area contributed by atoms with Gasteiger partial charge in [0.25, 0.3) is 0 Å². The Morgan fingerprint density at radius 1 is 0.962 bits per heavy atom. The molecule has 124 valence electrons. The van der Waals surface area contributed by atoms with Crippen molar-refractivity contribution in [2.75, 3.05) is 5.32 Å². The normalized spacial score (nSPS) is 10.3. The summed E-state index contributed by atoms with van der Waals surface area (Å²) in [4.78, 5) is 8.75. The second-order valence-electron chi connectivity index (χ2n) is 5.62. The van der Waals surface area contributed by atoms with Crippen molar-refractivity contribution < 1.29 is 0 Å². The van der Waals surface area contributed by atoms with Crippen LogP contribution in [0, 0.1) is 11.3 Å². The topological polar surface area (TPSA) is 90.3 Å². The third-order valence-electron chi connectivity index (χ3n) is 3.90. The smallest absolute Gasteiger partial charge is 0.130 e. The summed E-state index contributed by atoms with van der Waals surface area (Å²) in [6.45, 7) is 0. The largest absolute Gasteiger partial charge is 0.340 e. The van der Waals surface area contributed by atoms with Crippen molar-refractivity contribution in [1.29, 1.82) is 5.26 Å². The molecule has 0 saturated heterocycles. The van der Waals surface area contributed by atoms with Crippen LogP contribution in [0.4, 0.5) is 11.5 Å². The fourth-order valence-electron chi connectivity index (χ4n) is 2.69. The molecule has 0 aliphatic carbocycles. The number of H-pyrrole nitrogens is 1. The molecule has 26 heavy (non-hydrogen) atoms. The van der Waals surface area contributed by atoms with Crippen molar-refractivity contribution in [3.8, 4) is 28.6 Å². The fraction of sp³-hybridized carbons (Fsp3) is 0. The minimum atomic E-state index is 0.596. The Labute approximate surface area is 150 Å². The number of hydrogen-bond acceptors (Lipinski definition) is 5. The van der Waals surface area contributed by atoms with Crippen molar-refractivity contribution in [2.45, 2.75) is 0 Å². The molecule has 4 aromatic rings. The summed E-state index contributed by atoms with van der Waals surface area (Å²) in [6.07, 6.45) is 5.27. The summed E-state index contributed by atoms with van der Waals surface area (Å²) in [5.74, 6) is 0.686. The first-order chi connectivity index (χ1) is 12.8. The quantitative estimate of drug-likeness (QED) is 0.583. The van der Waals surface area contributed by atoms with Crippen LogP contribution in [-0.2, 0) is 0 Å². The van der Waals surface area contributed by atoms with E-state index in [2.05, 4.69) is 31.6 Å². The number of aromatic nitrogens is 4. The lowest BCUT2D eigenvalue weighted by Crippen LogP contribution is -1.94. The summed E-state index contributed by atoms with van der Waals surface area (Å²) in [7, 11) is 0. The number of nitrogens with one attached hydrogen (secondary N) is 2. The van der Waals surface area contributed by atoms with Gasteiger partial charge in [0.2, 0.25) is 0 Å². The Bertz CT molecular complexity index is 1080. The molecular formula is C20H14N6. The number of rotatable bonds is 4. The van der Waals surface area contributed by atoms with Gasteiger partial charge < -0.3 is 5.32 Å². The van der Waals surface area contributed by atoms with Crippen molar-refractivity contribution in [3.05, 3.63) is 78.8 Å². The molecule has 0 saturated carbocycles. The predicted molar refractivity (Wildman–Crippen MR) is 99.5 cm³/mol. The molecule has 1 aromatic carbocycles. The van der Waals surface area contributed by atoms with Gasteiger partial charge in [-0.1, -0.05) is 12.1 Å². The highest BCUT2D eigenvalue weighted by Crippen LogP contribution is 2.30. The van der Waals surface area contributed by atoms with Crippen molar-refractivity contribution in [2.24, 2.45) is 0 Å². The summed E-state index contributed by atoms with van der Waals surface area (Å²) in [5, 5.41) is 19.4. The fourth-order valence-corrected chi connectivity index (χ4v) is 2.69. The van der Waals surface area contributed by atoms with Crippen molar-refractivity contribution in [1.82, 2.24) is 20.2 Å². The van der Waals surface area contributed by atoms with Crippen LogP contribution in [0.5, 0.6) is 0 Å². The van der Waals surface area contributed by atoms with Gasteiger partial charge >= 0.3 is 0 Å². The van der Waals surface area contributed by atoms with E-state index in [-0.39, 0.29) is 0 Å². The zero-order valence-corrected chi connectivity index (χ0v) is 13.7. The van der Waals surface area contributed by atoms with Crippen LogP contribution in [0.3, 0.4) is 0 Å². The van der Waals surface area contributed by atoms with Crippen LogP contribution in [0.25, 0.3) is 22.5 Å². The van der Waals surface area contributed by atoms with E-state index >= 15 is 0 Å². The number of hydrogen-bond donors (Lipinski definition) is 2. The Morgan fingerprint density at radius 3 is 2.77 bits per heavy atom. The number of benzene rings is 1. The van der Waals surface area contributed by atoms with E-state index in [0.717, 1.165) is 28.2 Å². The molecule has 0 atom stereocenters. The monoisotopic (exact) mass is 338 g/mol. The molecule has 6 nitrogen and oxygen atoms in total. The Balaban J connectivity index is 1.67. The highest BCUT2D eigenvalue weighted by molar-refractivity contribution is 5.80. The molecule has 2 N–H and O–H groups in total. The summed E-state index contributed by atoms with van der Waals surface area (Å²) >= 11 is 0. The van der Waals surface area contributed by atoms with E-state index in [0.29, 0.717) is 11.4 Å². The van der Waals surface area contributed by atoms with Crippen LogP contribution in [0.2, 0.25) is 0 Å². The number of nitriles is 1. The molecule has 0 radical (unpaired) electrons. The van der Waals surface area contributed by atoms with Gasteiger partial charge in [-0.25, -0.2) is 4.98 Å². The van der Waals surface area contributed by atoms with Gasteiger partial charge in [0, 0.05) is 23.6 Å². The standard InChI is InChI=1S/C20H14N6/c21-12-14-4-3-5-16(10-14)25-19-11-15(7-9-23-19)17-13-24-26-20(17)18-6-1-2-8-22-18/h1-11,13H,(H,23,25)(H,24,26). The zero-order chi connectivity index (χ0) is 17.8. The second-order valence-corrected chi connectivity index (χ2v) is 5.62. The molecule has 0 aliphatic rings. The van der Waals surface area contributed by atoms with E-state index in [1.165, 1.54) is 0 Å². The first-order valence-corrected chi connectivity index (χ1v) is 8.02. The van der Waals surface area contributed by atoms with Gasteiger partial charge in [-0.3, -0.25) is 10.1 Å². The molecule has 0 amide bonds. The molecule has 0 unspecified atom stereocenters. The Hall–Kier alpha value is -3.98. The van der Waals surface area contributed by atoms with E-state index in [9.17, 15) is 0 Å². The summed E-state index contributed by atoms with van der Waals surface area (Å²) in [5.41, 5.74) is 5.00. The van der Waals surface area contributed by atoms with E-state index in [4.69, 9.17) is 5.26 Å². The van der Waals surface area contributed by atoms with E-state index in [1.54, 1.807) is 30.7 Å². The minimum absolute atomic E-state index is 0.596. The average molecular weight is 338 g/mol. The number of anilines is 2. The third kappa shape index (κ3) is 3.14. The highest BCUT2D eigenvalue weighted by atomic mass is 15.1. The number of aromatic amines is 1. The summed E-state index contributed by atoms with van der Waals surface area (Å²) in [6, 6.07) is 19.0. The molecule has 0 aliphatic heterocycles. The van der Waals surface area contributed by atoms with Gasteiger partial charge in [0.05, 0.1) is 29.2 Å². The second kappa shape index (κ2) is 6.87. The zero-order valence-electron chi connectivity index (χ0n) is 13.7. The number of nitrogens with zero attached hydrogens (tertiary/aromatic N) is 4. The lowest BCUT2D eigenvalue weighted by Gasteiger charge is -2.08. The molecule has 0 fully saturated rings. The molecular weight excluding hydrogens is 324 g/mol. The van der Waals surface area contributed by atoms with Crippen molar-refractivity contribution in [3.63, 3.8) is 0 Å². The van der Waals surface area contributed by atoms with Gasteiger partial charge in [0.1, 0.15) is 5.82 Å². The maximum absolute atomic E-state index is 9.03. The van der Waals surface area contributed by atoms with Crippen LogP contribution in [0.1, 0.15) is 5.56 Å². The first kappa shape index (κ1) is 15.5. The van der Waals surface area contributed by atoms with Crippen LogP contribution in [0.15, 0.2) is 73.2 Å². The number of pyridine rings is 2. The van der Waals surface area contributed by atoms with Crippen molar-refractivity contribution >= 4 is 11.5 Å². The average Bonchev–Trinajstić information content (AvgIpc) is 3.19. The SMILES string of the molecule is N#Cc1cccc(Nc2cc(-c3cn[nH]c3-c3ccccn3)ccn2)c1. The lowest BCUT2D eigenvalue weighted by molar-refractivity contribution is 1.09. The molecule has 3 aromatic heterocycles. The van der Waals surface area contributed by atoms with E-state index in [1.807, 2.05) is 42.5 Å². The van der Waals surface area contributed by atoms with Gasteiger partial charge in [-0.15, -0.1) is 0 Å². The van der Waals surface area contributed by atoms with Gasteiger partial charge in [-0.2, -0.15) is 10.4 Å². The summed E-state index contributed by atoms with van der Waals surface area (Å²) < 4.78 is 0. The molecule has 3 heterocycles. The maximum Gasteiger partial charge on any atom is 0.130 e. The molecule has 0 spiro atoms. The van der Waals surface area contributed by atoms with Crippen LogP contribution >= 0.6 is 0 Å². The van der Waals surface area contributed by atoms with Gasteiger partial charge in [-0.05, 0) is 48.0 Å². The maximum atomic E-state index is 9.03. The third-order valence-corrected chi connectivity index (χ3v) is 3.90. The minimum Gasteiger partial charge on any atom is -0.340 e. The first-order valence-electron chi connectivity index (χ1n) is 8.02. The molecule has 4 rings (SSSR count). The molecule has 6 heteroatoms. The Morgan fingerprint density at radius 2 is 1.92 bits per heavy atom. The van der Waals surface area contributed by atoms with Crippen LogP contribution < -0.4 is 5.32 Å². The Kier molecular flexibility index (Phi) is 4.11. The molecule has 0 bridgehead atoms. The lowest BCUT2D eigenvalue weighted by atomic mass is 10.1.